The fraction of sp³-hybridized carbons (Fsp3) is 0.400. The lowest BCUT2D eigenvalue weighted by Crippen LogP contribution is -2.42. The molecule has 0 radical (unpaired) electrons. The highest BCUT2D eigenvalue weighted by Gasteiger charge is 2.09. The van der Waals surface area contributed by atoms with Crippen LogP contribution >= 0.6 is 0 Å². The Bertz CT molecular complexity index is 497. The summed E-state index contributed by atoms with van der Waals surface area (Å²) in [6.45, 7) is 1.73. The molecule has 0 bridgehead atoms. The molecule has 2 rings (SSSR count). The number of hydrogen-bond donors (Lipinski definition) is 4. The van der Waals surface area contributed by atoms with Gasteiger partial charge in [-0.1, -0.05) is 60.7 Å². The van der Waals surface area contributed by atoms with Gasteiger partial charge < -0.3 is 20.8 Å². The molecule has 0 aliphatic rings. The Morgan fingerprint density at radius 1 is 0.625 bits per heavy atom. The molecule has 0 fully saturated rings. The molecule has 0 saturated heterocycles. The van der Waals surface area contributed by atoms with Crippen molar-refractivity contribution in [2.24, 2.45) is 0 Å². The Morgan fingerprint density at radius 2 is 1.00 bits per heavy atom. The van der Waals surface area contributed by atoms with Crippen LogP contribution in [0.15, 0.2) is 60.7 Å². The molecule has 0 aliphatic carbocycles. The third-order valence-corrected chi connectivity index (χ3v) is 4.08. The van der Waals surface area contributed by atoms with Crippen LogP contribution in [0, 0.1) is 0 Å². The maximum Gasteiger partial charge on any atom is 0.0587 e. The van der Waals surface area contributed by atoms with Crippen molar-refractivity contribution >= 4 is 0 Å². The molecule has 0 heterocycles. The summed E-state index contributed by atoms with van der Waals surface area (Å²) >= 11 is 0. The molecule has 0 amide bonds. The first kappa shape index (κ1) is 18.6. The number of hydrogen-bond acceptors (Lipinski definition) is 4. The van der Waals surface area contributed by atoms with Gasteiger partial charge >= 0.3 is 0 Å². The number of benzene rings is 2. The minimum atomic E-state index is 0.0518. The highest BCUT2D eigenvalue weighted by atomic mass is 16.3. The quantitative estimate of drug-likeness (QED) is 0.471. The summed E-state index contributed by atoms with van der Waals surface area (Å²) in [5, 5.41) is 25.8. The van der Waals surface area contributed by atoms with E-state index in [9.17, 15) is 10.2 Å². The van der Waals surface area contributed by atoms with E-state index in [4.69, 9.17) is 0 Å². The van der Waals surface area contributed by atoms with Gasteiger partial charge in [0.05, 0.1) is 13.2 Å². The summed E-state index contributed by atoms with van der Waals surface area (Å²) in [5.74, 6) is 0. The van der Waals surface area contributed by atoms with Gasteiger partial charge in [-0.3, -0.25) is 0 Å². The highest BCUT2D eigenvalue weighted by molar-refractivity contribution is 5.16. The second-order valence-corrected chi connectivity index (χ2v) is 6.05. The van der Waals surface area contributed by atoms with E-state index in [1.54, 1.807) is 0 Å². The van der Waals surface area contributed by atoms with Gasteiger partial charge in [0.15, 0.2) is 0 Å². The van der Waals surface area contributed by atoms with Gasteiger partial charge in [0, 0.05) is 25.2 Å². The van der Waals surface area contributed by atoms with E-state index >= 15 is 0 Å². The summed E-state index contributed by atoms with van der Waals surface area (Å²) in [6.07, 6.45) is 1.62. The molecule has 4 N–H and O–H groups in total. The van der Waals surface area contributed by atoms with Crippen LogP contribution in [0.5, 0.6) is 0 Å². The van der Waals surface area contributed by atoms with Crippen LogP contribution in [0.2, 0.25) is 0 Å². The zero-order valence-electron chi connectivity index (χ0n) is 14.1. The number of nitrogens with one attached hydrogen (secondary N) is 2. The summed E-state index contributed by atoms with van der Waals surface area (Å²) in [5.41, 5.74) is 2.43. The Balaban J connectivity index is 1.68. The SMILES string of the molecule is OC[C@H](Cc1ccccc1)NCCN[C@@H](CO)Cc1ccccc1. The van der Waals surface area contributed by atoms with E-state index in [0.717, 1.165) is 25.9 Å². The van der Waals surface area contributed by atoms with Crippen LogP contribution in [-0.2, 0) is 12.8 Å². The van der Waals surface area contributed by atoms with Crippen molar-refractivity contribution in [3.63, 3.8) is 0 Å². The third-order valence-electron chi connectivity index (χ3n) is 4.08. The summed E-state index contributed by atoms with van der Waals surface area (Å²) < 4.78 is 0. The molecule has 0 aromatic heterocycles. The van der Waals surface area contributed by atoms with E-state index in [1.165, 1.54) is 11.1 Å². The van der Waals surface area contributed by atoms with E-state index in [1.807, 2.05) is 36.4 Å². The van der Waals surface area contributed by atoms with E-state index in [2.05, 4.69) is 34.9 Å². The second-order valence-electron chi connectivity index (χ2n) is 6.05. The Labute approximate surface area is 144 Å². The Hall–Kier alpha value is -1.72. The van der Waals surface area contributed by atoms with Crippen molar-refractivity contribution in [3.8, 4) is 0 Å². The maximum atomic E-state index is 9.51. The van der Waals surface area contributed by atoms with Gasteiger partial charge in [-0.05, 0) is 24.0 Å². The van der Waals surface area contributed by atoms with Crippen LogP contribution in [-0.4, -0.2) is 48.6 Å². The molecule has 2 aromatic carbocycles. The Morgan fingerprint density at radius 3 is 1.33 bits per heavy atom. The third kappa shape index (κ3) is 6.81. The lowest BCUT2D eigenvalue weighted by molar-refractivity contribution is 0.231. The molecule has 4 heteroatoms. The molecule has 130 valence electrons. The maximum absolute atomic E-state index is 9.51. The second kappa shape index (κ2) is 10.9. The zero-order chi connectivity index (χ0) is 17.0. The predicted octanol–water partition coefficient (Wildman–Crippen LogP) is 1.37. The summed E-state index contributed by atoms with van der Waals surface area (Å²) in [4.78, 5) is 0. The number of aliphatic hydroxyl groups is 2. The summed E-state index contributed by atoms with van der Waals surface area (Å²) in [7, 11) is 0. The zero-order valence-corrected chi connectivity index (χ0v) is 14.1. The molecule has 2 aromatic rings. The molecule has 0 saturated carbocycles. The van der Waals surface area contributed by atoms with Crippen LogP contribution < -0.4 is 10.6 Å². The first-order valence-electron chi connectivity index (χ1n) is 8.58. The Kier molecular flexibility index (Phi) is 8.49. The first-order valence-corrected chi connectivity index (χ1v) is 8.58. The lowest BCUT2D eigenvalue weighted by atomic mass is 10.1. The van der Waals surface area contributed by atoms with Crippen LogP contribution in [0.3, 0.4) is 0 Å². The van der Waals surface area contributed by atoms with Crippen LogP contribution in [0.1, 0.15) is 11.1 Å². The molecule has 24 heavy (non-hydrogen) atoms. The summed E-state index contributed by atoms with van der Waals surface area (Å²) in [6, 6.07) is 20.4. The molecular weight excluding hydrogens is 300 g/mol. The molecule has 4 nitrogen and oxygen atoms in total. The molecule has 0 aliphatic heterocycles. The van der Waals surface area contributed by atoms with Crippen molar-refractivity contribution in [1.29, 1.82) is 0 Å². The smallest absolute Gasteiger partial charge is 0.0587 e. The fourth-order valence-corrected chi connectivity index (χ4v) is 2.75. The van der Waals surface area contributed by atoms with Crippen molar-refractivity contribution in [3.05, 3.63) is 71.8 Å². The lowest BCUT2D eigenvalue weighted by Gasteiger charge is -2.19. The highest BCUT2D eigenvalue weighted by Crippen LogP contribution is 2.04. The van der Waals surface area contributed by atoms with Gasteiger partial charge in [-0.25, -0.2) is 0 Å². The predicted molar refractivity (Wildman–Crippen MR) is 98.0 cm³/mol. The van der Waals surface area contributed by atoms with Crippen LogP contribution in [0.25, 0.3) is 0 Å². The molecule has 0 spiro atoms. The molecular formula is C20H28N2O2. The number of aliphatic hydroxyl groups excluding tert-OH is 2. The fourth-order valence-electron chi connectivity index (χ4n) is 2.75. The first-order chi connectivity index (χ1) is 11.8. The van der Waals surface area contributed by atoms with E-state index < -0.39 is 0 Å². The number of rotatable bonds is 11. The van der Waals surface area contributed by atoms with Gasteiger partial charge in [0.2, 0.25) is 0 Å². The van der Waals surface area contributed by atoms with Gasteiger partial charge in [0.1, 0.15) is 0 Å². The van der Waals surface area contributed by atoms with E-state index in [0.29, 0.717) is 0 Å². The van der Waals surface area contributed by atoms with Crippen molar-refractivity contribution in [2.45, 2.75) is 24.9 Å². The standard InChI is InChI=1S/C20H28N2O2/c23-15-19(13-17-7-3-1-4-8-17)21-11-12-22-20(16-24)14-18-9-5-2-6-10-18/h1-10,19-24H,11-16H2/t19-,20+. The molecule has 2 atom stereocenters. The minimum Gasteiger partial charge on any atom is -0.395 e. The van der Waals surface area contributed by atoms with Crippen LogP contribution in [0.4, 0.5) is 0 Å². The van der Waals surface area contributed by atoms with E-state index in [-0.39, 0.29) is 25.3 Å². The van der Waals surface area contributed by atoms with Crippen molar-refractivity contribution in [1.82, 2.24) is 10.6 Å². The monoisotopic (exact) mass is 328 g/mol. The normalized spacial score (nSPS) is 13.6. The average molecular weight is 328 g/mol. The van der Waals surface area contributed by atoms with Gasteiger partial charge in [0.25, 0.3) is 0 Å². The van der Waals surface area contributed by atoms with Gasteiger partial charge in [-0.2, -0.15) is 0 Å². The van der Waals surface area contributed by atoms with Crippen molar-refractivity contribution in [2.75, 3.05) is 26.3 Å². The largest absolute Gasteiger partial charge is 0.395 e. The average Bonchev–Trinajstić information content (AvgIpc) is 2.64. The topological polar surface area (TPSA) is 64.5 Å². The minimum absolute atomic E-state index is 0.0518. The molecule has 0 unspecified atom stereocenters. The van der Waals surface area contributed by atoms with Crippen molar-refractivity contribution < 1.29 is 10.2 Å². The van der Waals surface area contributed by atoms with Gasteiger partial charge in [-0.15, -0.1) is 0 Å².